The summed E-state index contributed by atoms with van der Waals surface area (Å²) in [6.07, 6.45) is 0. The van der Waals surface area contributed by atoms with Gasteiger partial charge in [-0.05, 0) is 55.1 Å². The summed E-state index contributed by atoms with van der Waals surface area (Å²) in [5, 5.41) is 4.18. The molecule has 1 aliphatic rings. The first kappa shape index (κ1) is 11.9. The van der Waals surface area contributed by atoms with Crippen LogP contribution in [0.4, 0.5) is 0 Å². The van der Waals surface area contributed by atoms with Crippen LogP contribution in [-0.2, 0) is 0 Å². The predicted molar refractivity (Wildman–Crippen MR) is 64.0 cm³/mol. The normalized spacial score (nSPS) is 18.1. The Bertz CT molecular complexity index is 392. The van der Waals surface area contributed by atoms with E-state index in [0.29, 0.717) is 0 Å². The van der Waals surface area contributed by atoms with Gasteiger partial charge in [0.1, 0.15) is 0 Å². The smallest absolute Gasteiger partial charge is 0.0959 e. The molecule has 82 valence electrons. The number of allylic oxidation sites excluding steroid dienone is 6. The van der Waals surface area contributed by atoms with Gasteiger partial charge in [0.25, 0.3) is 0 Å². The van der Waals surface area contributed by atoms with Gasteiger partial charge in [-0.2, -0.15) is 0 Å². The zero-order valence-electron chi connectivity index (χ0n) is 10.9. The van der Waals surface area contributed by atoms with Crippen molar-refractivity contribution in [2.75, 3.05) is 14.1 Å². The molecule has 0 unspecified atom stereocenters. The second kappa shape index (κ2) is 4.13. The molecule has 0 fully saturated rings. The summed E-state index contributed by atoms with van der Waals surface area (Å²) >= 11 is 0. The number of azo groups is 2. The van der Waals surface area contributed by atoms with Gasteiger partial charge in [-0.1, -0.05) is 4.70 Å². The average molecular weight is 205 g/mol. The second-order valence-electron chi connectivity index (χ2n) is 4.18. The zero-order valence-corrected chi connectivity index (χ0v) is 10.9. The molecular weight excluding hydrogens is 184 g/mol. The third kappa shape index (κ3) is 1.81. The Morgan fingerprint density at radius 3 is 1.67 bits per heavy atom. The highest BCUT2D eigenvalue weighted by atomic mass is 15.2. The first-order valence-electron chi connectivity index (χ1n) is 5.32. The van der Waals surface area contributed by atoms with Crippen LogP contribution in [0, 0.1) is 0 Å². The molecule has 0 aromatic carbocycles. The fourth-order valence-electron chi connectivity index (χ4n) is 2.07. The van der Waals surface area contributed by atoms with Crippen molar-refractivity contribution in [3.8, 4) is 0 Å². The van der Waals surface area contributed by atoms with Gasteiger partial charge in [-0.15, -0.1) is 0 Å². The molecule has 0 spiro atoms. The van der Waals surface area contributed by atoms with Gasteiger partial charge >= 0.3 is 0 Å². The Labute approximate surface area is 92.7 Å². The number of rotatable bonds is 1. The van der Waals surface area contributed by atoms with Gasteiger partial charge in [0.15, 0.2) is 7.05 Å². The molecule has 0 saturated carbocycles. The lowest BCUT2D eigenvalue weighted by Gasteiger charge is -2.04. The van der Waals surface area contributed by atoms with Crippen LogP contribution < -0.4 is 0 Å². The molecule has 1 rings (SSSR count). The first-order chi connectivity index (χ1) is 6.91. The molecule has 0 aromatic rings. The van der Waals surface area contributed by atoms with Crippen LogP contribution >= 0.6 is 0 Å². The quantitative estimate of drug-likeness (QED) is 0.458. The Morgan fingerprint density at radius 2 is 1.33 bits per heavy atom. The highest BCUT2D eigenvalue weighted by Gasteiger charge is 2.24. The highest BCUT2D eigenvalue weighted by molar-refractivity contribution is 5.61. The molecule has 2 heteroatoms. The maximum atomic E-state index is 4.18. The molecule has 0 radical (unpaired) electrons. The van der Waals surface area contributed by atoms with Gasteiger partial charge in [-0.25, -0.2) is 0 Å². The summed E-state index contributed by atoms with van der Waals surface area (Å²) in [5.41, 5.74) is 8.18. The molecule has 0 aliphatic heterocycles. The van der Waals surface area contributed by atoms with E-state index in [4.69, 9.17) is 0 Å². The van der Waals surface area contributed by atoms with Crippen molar-refractivity contribution in [1.29, 1.82) is 0 Å². The van der Waals surface area contributed by atoms with Crippen molar-refractivity contribution >= 4 is 0 Å². The predicted octanol–water partition coefficient (Wildman–Crippen LogP) is 3.67. The van der Waals surface area contributed by atoms with E-state index in [2.05, 4.69) is 39.7 Å². The molecule has 15 heavy (non-hydrogen) atoms. The zero-order chi connectivity index (χ0) is 11.7. The summed E-state index contributed by atoms with van der Waals surface area (Å²) in [5.74, 6) is 0. The lowest BCUT2D eigenvalue weighted by Crippen LogP contribution is -2.03. The van der Waals surface area contributed by atoms with Crippen molar-refractivity contribution in [1.82, 2.24) is 0 Å². The topological polar surface area (TPSA) is 15.4 Å². The Morgan fingerprint density at radius 1 is 0.933 bits per heavy atom. The van der Waals surface area contributed by atoms with Crippen LogP contribution in [0.5, 0.6) is 0 Å². The molecule has 0 atom stereocenters. The standard InChI is InChI=1S/C13H21N2/c1-8-9(2)11(4)13(10(8)3)12(5)15(7)14-6/h1-7H3/q+1. The molecule has 0 aromatic heterocycles. The number of nitrogens with zero attached hydrogens (tertiary/aromatic N) is 2. The highest BCUT2D eigenvalue weighted by Crippen LogP contribution is 2.37. The fraction of sp³-hybridized carbons (Fsp3) is 0.538. The van der Waals surface area contributed by atoms with Crippen LogP contribution in [-0.4, -0.2) is 18.8 Å². The maximum Gasteiger partial charge on any atom is 0.212 e. The van der Waals surface area contributed by atoms with Gasteiger partial charge in [-0.3, -0.25) is 0 Å². The van der Waals surface area contributed by atoms with E-state index in [1.165, 1.54) is 33.6 Å². The van der Waals surface area contributed by atoms with Crippen molar-refractivity contribution in [3.63, 3.8) is 0 Å². The largest absolute Gasteiger partial charge is 0.212 e. The third-order valence-electron chi connectivity index (χ3n) is 3.58. The molecule has 2 nitrogen and oxygen atoms in total. The van der Waals surface area contributed by atoms with Crippen LogP contribution in [0.15, 0.2) is 38.7 Å². The maximum absolute atomic E-state index is 4.18. The third-order valence-corrected chi connectivity index (χ3v) is 3.58. The lowest BCUT2D eigenvalue weighted by atomic mass is 10.0. The van der Waals surface area contributed by atoms with Crippen molar-refractivity contribution in [2.24, 2.45) is 5.11 Å². The van der Waals surface area contributed by atoms with Crippen molar-refractivity contribution in [2.45, 2.75) is 34.6 Å². The lowest BCUT2D eigenvalue weighted by molar-refractivity contribution is -0.516. The van der Waals surface area contributed by atoms with E-state index >= 15 is 0 Å². The minimum absolute atomic E-state index is 1.23. The molecule has 1 aliphatic carbocycles. The Hall–Kier alpha value is -1.18. The molecule has 0 bridgehead atoms. The summed E-state index contributed by atoms with van der Waals surface area (Å²) in [6, 6.07) is 0. The molecule has 0 amide bonds. The van der Waals surface area contributed by atoms with Crippen molar-refractivity contribution in [3.05, 3.63) is 33.6 Å². The van der Waals surface area contributed by atoms with Crippen LogP contribution in [0.3, 0.4) is 0 Å². The van der Waals surface area contributed by atoms with E-state index < -0.39 is 0 Å². The van der Waals surface area contributed by atoms with Gasteiger partial charge in [0.05, 0.1) is 12.6 Å². The van der Waals surface area contributed by atoms with Crippen LogP contribution in [0.25, 0.3) is 0 Å². The van der Waals surface area contributed by atoms with E-state index in [1.54, 1.807) is 0 Å². The summed E-state index contributed by atoms with van der Waals surface area (Å²) in [6.45, 7) is 10.9. The van der Waals surface area contributed by atoms with Crippen LogP contribution in [0.1, 0.15) is 34.6 Å². The SMILES string of the molecule is CN=[N+](C)C(C)=C1C(C)=C(C)C(C)=C1C. The van der Waals surface area contributed by atoms with Gasteiger partial charge < -0.3 is 0 Å². The molecular formula is C13H21N2+. The van der Waals surface area contributed by atoms with Crippen LogP contribution in [0.2, 0.25) is 0 Å². The molecule has 0 heterocycles. The minimum atomic E-state index is 1.23. The minimum Gasteiger partial charge on any atom is -0.0959 e. The summed E-state index contributed by atoms with van der Waals surface area (Å²) in [7, 11) is 3.81. The second-order valence-corrected chi connectivity index (χ2v) is 4.18. The van der Waals surface area contributed by atoms with E-state index in [0.717, 1.165) is 0 Å². The summed E-state index contributed by atoms with van der Waals surface area (Å²) < 4.78 is 1.94. The Kier molecular flexibility index (Phi) is 3.28. The first-order valence-corrected chi connectivity index (χ1v) is 5.32. The summed E-state index contributed by atoms with van der Waals surface area (Å²) in [4.78, 5) is 0. The number of hydrogen-bond acceptors (Lipinski definition) is 1. The van der Waals surface area contributed by atoms with E-state index in [-0.39, 0.29) is 0 Å². The average Bonchev–Trinajstić information content (AvgIpc) is 2.41. The van der Waals surface area contributed by atoms with Gasteiger partial charge in [0.2, 0.25) is 5.70 Å². The van der Waals surface area contributed by atoms with E-state index in [1.807, 2.05) is 18.8 Å². The Balaban J connectivity index is 3.43. The monoisotopic (exact) mass is 205 g/mol. The molecule has 0 saturated heterocycles. The van der Waals surface area contributed by atoms with Gasteiger partial charge in [0, 0.05) is 6.92 Å². The molecule has 0 N–H and O–H groups in total. The van der Waals surface area contributed by atoms with E-state index in [9.17, 15) is 0 Å². The van der Waals surface area contributed by atoms with Crippen molar-refractivity contribution < 1.29 is 4.70 Å². The fourth-order valence-corrected chi connectivity index (χ4v) is 2.07. The number of hydrogen-bond donors (Lipinski definition) is 0.